The zero-order valence-corrected chi connectivity index (χ0v) is 17.2. The number of hydrogen-bond donors (Lipinski definition) is 1. The van der Waals surface area contributed by atoms with Crippen LogP contribution in [0.25, 0.3) is 0 Å². The molecule has 2 aromatic rings. The average Bonchev–Trinajstić information content (AvgIpc) is 2.94. The molecule has 1 aliphatic rings. The fourth-order valence-corrected chi connectivity index (χ4v) is 3.56. The Hall–Kier alpha value is -2.44. The van der Waals surface area contributed by atoms with Crippen molar-refractivity contribution in [3.63, 3.8) is 0 Å². The van der Waals surface area contributed by atoms with Gasteiger partial charge in [0, 0.05) is 36.8 Å². The summed E-state index contributed by atoms with van der Waals surface area (Å²) in [5, 5.41) is 3.67. The van der Waals surface area contributed by atoms with Crippen molar-refractivity contribution in [2.45, 2.75) is 19.4 Å². The van der Waals surface area contributed by atoms with E-state index in [1.807, 2.05) is 19.1 Å². The van der Waals surface area contributed by atoms with Crippen LogP contribution in [0.2, 0.25) is 5.02 Å². The van der Waals surface area contributed by atoms with Crippen molar-refractivity contribution in [3.8, 4) is 0 Å². The average molecular weight is 418 g/mol. The lowest BCUT2D eigenvalue weighted by molar-refractivity contribution is -0.122. The predicted octanol–water partition coefficient (Wildman–Crippen LogP) is 3.50. The molecule has 0 aromatic heterocycles. The number of rotatable bonds is 5. The second-order valence-electron chi connectivity index (χ2n) is 7.27. The summed E-state index contributed by atoms with van der Waals surface area (Å²) in [6, 6.07) is 12.9. The summed E-state index contributed by atoms with van der Waals surface area (Å²) in [7, 11) is 0. The number of amides is 2. The molecule has 154 valence electrons. The van der Waals surface area contributed by atoms with Gasteiger partial charge in [0.2, 0.25) is 5.91 Å². The van der Waals surface area contributed by atoms with Crippen molar-refractivity contribution in [1.82, 2.24) is 15.1 Å². The van der Waals surface area contributed by atoms with E-state index in [4.69, 9.17) is 11.6 Å². The minimum absolute atomic E-state index is 0.0502. The highest BCUT2D eigenvalue weighted by atomic mass is 35.5. The Bertz CT molecular complexity index is 842. The van der Waals surface area contributed by atoms with Gasteiger partial charge in [-0.2, -0.15) is 0 Å². The van der Waals surface area contributed by atoms with Gasteiger partial charge in [0.15, 0.2) is 0 Å². The Balaban J connectivity index is 1.50. The van der Waals surface area contributed by atoms with E-state index in [2.05, 4.69) is 10.2 Å². The molecule has 5 nitrogen and oxygen atoms in total. The van der Waals surface area contributed by atoms with Gasteiger partial charge in [0.25, 0.3) is 5.91 Å². The SMILES string of the molecule is CC(NC(=O)CN1CCCN(C(=O)c2ccc(F)cc2)CC1)c1ccc(Cl)cc1. The summed E-state index contributed by atoms with van der Waals surface area (Å²) in [5.74, 6) is -0.513. The van der Waals surface area contributed by atoms with Crippen LogP contribution >= 0.6 is 11.6 Å². The van der Waals surface area contributed by atoms with Gasteiger partial charge in [-0.15, -0.1) is 0 Å². The second-order valence-corrected chi connectivity index (χ2v) is 7.71. The Morgan fingerprint density at radius 2 is 1.72 bits per heavy atom. The van der Waals surface area contributed by atoms with Gasteiger partial charge in [-0.3, -0.25) is 14.5 Å². The molecule has 0 saturated carbocycles. The van der Waals surface area contributed by atoms with Crippen LogP contribution in [0.15, 0.2) is 48.5 Å². The quantitative estimate of drug-likeness (QED) is 0.810. The fraction of sp³-hybridized carbons (Fsp3) is 0.364. The molecule has 29 heavy (non-hydrogen) atoms. The molecule has 3 rings (SSSR count). The van der Waals surface area contributed by atoms with Crippen molar-refractivity contribution in [2.24, 2.45) is 0 Å². The van der Waals surface area contributed by atoms with Crippen LogP contribution in [0.3, 0.4) is 0 Å². The van der Waals surface area contributed by atoms with E-state index >= 15 is 0 Å². The van der Waals surface area contributed by atoms with Gasteiger partial charge < -0.3 is 10.2 Å². The van der Waals surface area contributed by atoms with Crippen molar-refractivity contribution in [2.75, 3.05) is 32.7 Å². The number of hydrogen-bond acceptors (Lipinski definition) is 3. The van der Waals surface area contributed by atoms with Gasteiger partial charge in [-0.1, -0.05) is 23.7 Å². The van der Waals surface area contributed by atoms with Gasteiger partial charge in [0.1, 0.15) is 5.82 Å². The van der Waals surface area contributed by atoms with Crippen LogP contribution in [-0.2, 0) is 4.79 Å². The highest BCUT2D eigenvalue weighted by Gasteiger charge is 2.22. The maximum Gasteiger partial charge on any atom is 0.253 e. The van der Waals surface area contributed by atoms with E-state index in [0.717, 1.165) is 18.5 Å². The van der Waals surface area contributed by atoms with E-state index in [-0.39, 0.29) is 30.2 Å². The van der Waals surface area contributed by atoms with Crippen LogP contribution in [0.1, 0.15) is 35.3 Å². The molecule has 7 heteroatoms. The summed E-state index contributed by atoms with van der Waals surface area (Å²) >= 11 is 5.91. The Morgan fingerprint density at radius 1 is 1.03 bits per heavy atom. The Morgan fingerprint density at radius 3 is 2.41 bits per heavy atom. The molecule has 1 unspecified atom stereocenters. The first kappa shape index (κ1) is 21.3. The summed E-state index contributed by atoms with van der Waals surface area (Å²) in [5.41, 5.74) is 1.48. The zero-order valence-electron chi connectivity index (χ0n) is 16.4. The molecule has 1 fully saturated rings. The maximum absolute atomic E-state index is 13.1. The number of carbonyl (C=O) groups excluding carboxylic acids is 2. The monoisotopic (exact) mass is 417 g/mol. The predicted molar refractivity (Wildman–Crippen MR) is 111 cm³/mol. The van der Waals surface area contributed by atoms with Gasteiger partial charge >= 0.3 is 0 Å². The first-order valence-corrected chi connectivity index (χ1v) is 10.1. The number of nitrogens with zero attached hydrogens (tertiary/aromatic N) is 2. The lowest BCUT2D eigenvalue weighted by Gasteiger charge is -2.22. The Labute approximate surface area is 175 Å². The standard InChI is InChI=1S/C22H25ClFN3O2/c1-16(17-3-7-19(23)8-4-17)25-21(28)15-26-11-2-12-27(14-13-26)22(29)18-5-9-20(24)10-6-18/h3-10,16H,2,11-15H2,1H3,(H,25,28). The smallest absolute Gasteiger partial charge is 0.253 e. The third kappa shape index (κ3) is 6.02. The first-order chi connectivity index (χ1) is 13.9. The highest BCUT2D eigenvalue weighted by Crippen LogP contribution is 2.16. The molecule has 0 radical (unpaired) electrons. The molecule has 1 heterocycles. The molecule has 0 spiro atoms. The van der Waals surface area contributed by atoms with Crippen molar-refractivity contribution >= 4 is 23.4 Å². The van der Waals surface area contributed by atoms with Crippen LogP contribution < -0.4 is 5.32 Å². The number of benzene rings is 2. The van der Waals surface area contributed by atoms with Crippen molar-refractivity contribution < 1.29 is 14.0 Å². The van der Waals surface area contributed by atoms with Gasteiger partial charge in [-0.25, -0.2) is 4.39 Å². The van der Waals surface area contributed by atoms with Crippen molar-refractivity contribution in [1.29, 1.82) is 0 Å². The normalized spacial score (nSPS) is 16.2. The van der Waals surface area contributed by atoms with E-state index in [9.17, 15) is 14.0 Å². The number of carbonyl (C=O) groups is 2. The molecule has 1 aliphatic heterocycles. The summed E-state index contributed by atoms with van der Waals surface area (Å²) in [4.78, 5) is 28.9. The molecule has 0 aliphatic carbocycles. The summed E-state index contributed by atoms with van der Waals surface area (Å²) in [6.07, 6.45) is 0.785. The van der Waals surface area contributed by atoms with Gasteiger partial charge in [0.05, 0.1) is 12.6 Å². The topological polar surface area (TPSA) is 52.7 Å². The minimum Gasteiger partial charge on any atom is -0.348 e. The molecule has 2 amide bonds. The zero-order chi connectivity index (χ0) is 20.8. The molecule has 1 saturated heterocycles. The molecular weight excluding hydrogens is 393 g/mol. The highest BCUT2D eigenvalue weighted by molar-refractivity contribution is 6.30. The fourth-order valence-electron chi connectivity index (χ4n) is 3.43. The molecule has 1 atom stereocenters. The van der Waals surface area contributed by atoms with E-state index in [1.54, 1.807) is 17.0 Å². The van der Waals surface area contributed by atoms with Crippen LogP contribution in [0, 0.1) is 5.82 Å². The molecule has 0 bridgehead atoms. The second kappa shape index (κ2) is 9.85. The minimum atomic E-state index is -0.359. The van der Waals surface area contributed by atoms with E-state index in [1.165, 1.54) is 24.3 Å². The molecular formula is C22H25ClFN3O2. The molecule has 2 aromatic carbocycles. The first-order valence-electron chi connectivity index (χ1n) is 9.74. The largest absolute Gasteiger partial charge is 0.348 e. The number of halogens is 2. The van der Waals surface area contributed by atoms with E-state index in [0.29, 0.717) is 30.2 Å². The van der Waals surface area contributed by atoms with Gasteiger partial charge in [-0.05, 0) is 55.3 Å². The lowest BCUT2D eigenvalue weighted by atomic mass is 10.1. The lowest BCUT2D eigenvalue weighted by Crippen LogP contribution is -2.40. The van der Waals surface area contributed by atoms with Crippen LogP contribution in [-0.4, -0.2) is 54.3 Å². The summed E-state index contributed by atoms with van der Waals surface area (Å²) in [6.45, 7) is 4.75. The van der Waals surface area contributed by atoms with Crippen LogP contribution in [0.5, 0.6) is 0 Å². The third-order valence-electron chi connectivity index (χ3n) is 5.08. The summed E-state index contributed by atoms with van der Waals surface area (Å²) < 4.78 is 13.1. The number of nitrogens with one attached hydrogen (secondary N) is 1. The van der Waals surface area contributed by atoms with Crippen LogP contribution in [0.4, 0.5) is 4.39 Å². The maximum atomic E-state index is 13.1. The Kier molecular flexibility index (Phi) is 7.23. The van der Waals surface area contributed by atoms with Crippen molar-refractivity contribution in [3.05, 3.63) is 70.5 Å². The molecule has 1 N–H and O–H groups in total. The van der Waals surface area contributed by atoms with E-state index < -0.39 is 0 Å². The third-order valence-corrected chi connectivity index (χ3v) is 5.33.